The maximum Gasteiger partial charge on any atom is 0.121 e. The maximum atomic E-state index is 6.81. The molecule has 0 aliphatic heterocycles. The molecule has 65 heavy (non-hydrogen) atoms. The Morgan fingerprint density at radius 1 is 0.446 bits per heavy atom. The van der Waals surface area contributed by atoms with Gasteiger partial charge in [0.05, 0.1) is 28.1 Å². The molecule has 12 rings (SSSR count). The fourth-order valence-corrected chi connectivity index (χ4v) is 8.56. The zero-order valence-corrected chi connectivity index (χ0v) is 37.5. The van der Waals surface area contributed by atoms with Gasteiger partial charge in [-0.15, -0.1) is 54.1 Å². The summed E-state index contributed by atoms with van der Waals surface area (Å²) in [6.07, 6.45) is 1.79. The first-order valence-electron chi connectivity index (χ1n) is 21.4. The van der Waals surface area contributed by atoms with Gasteiger partial charge >= 0.3 is 0 Å². The fraction of sp³-hybridized carbons (Fsp3) is 0. The summed E-state index contributed by atoms with van der Waals surface area (Å²) in [7, 11) is 0. The number of pyridine rings is 1. The Hall–Kier alpha value is -7.95. The Kier molecular flexibility index (Phi) is 11.6. The van der Waals surface area contributed by atoms with Crippen LogP contribution in [0, 0.1) is 12.1 Å². The molecule has 0 bridgehead atoms. The largest absolute Gasteiger partial charge is 0.501 e. The molecule has 0 aliphatic rings. The van der Waals surface area contributed by atoms with Crippen molar-refractivity contribution in [2.75, 3.05) is 0 Å². The molecule has 0 amide bonds. The minimum atomic E-state index is 0. The van der Waals surface area contributed by atoms with Crippen LogP contribution >= 0.6 is 0 Å². The third-order valence-corrected chi connectivity index (χ3v) is 11.6. The quantitative estimate of drug-likeness (QED) is 0.149. The third kappa shape index (κ3) is 8.11. The predicted octanol–water partition coefficient (Wildman–Crippen LogP) is 15.6. The molecule has 0 atom stereocenters. The van der Waals surface area contributed by atoms with Crippen molar-refractivity contribution in [2.24, 2.45) is 0 Å². The van der Waals surface area contributed by atoms with E-state index >= 15 is 0 Å². The second kappa shape index (κ2) is 18.4. The van der Waals surface area contributed by atoms with Crippen LogP contribution < -0.4 is 0 Å². The van der Waals surface area contributed by atoms with E-state index in [0.29, 0.717) is 0 Å². The number of fused-ring (bicyclic) bond motifs is 4. The molecule has 3 heterocycles. The Balaban J connectivity index is 0.000000332. The van der Waals surface area contributed by atoms with E-state index in [1.54, 1.807) is 6.20 Å². The van der Waals surface area contributed by atoms with Crippen LogP contribution in [0.15, 0.2) is 241 Å². The Morgan fingerprint density at radius 3 is 1.68 bits per heavy atom. The number of para-hydroxylation sites is 2. The van der Waals surface area contributed by atoms with Crippen molar-refractivity contribution in [1.82, 2.24) is 14.5 Å². The van der Waals surface area contributed by atoms with Crippen molar-refractivity contribution in [3.63, 3.8) is 0 Å². The summed E-state index contributed by atoms with van der Waals surface area (Å²) in [5.41, 5.74) is 16.4. The third-order valence-electron chi connectivity index (χ3n) is 11.6. The van der Waals surface area contributed by atoms with E-state index in [1.165, 1.54) is 0 Å². The molecular formula is C60H39IrN3O-2. The van der Waals surface area contributed by atoms with Crippen molar-refractivity contribution >= 4 is 33.0 Å². The van der Waals surface area contributed by atoms with E-state index in [0.717, 1.165) is 106 Å². The second-order valence-corrected chi connectivity index (χ2v) is 15.5. The van der Waals surface area contributed by atoms with Gasteiger partial charge in [-0.3, -0.25) is 4.98 Å². The number of benzene rings is 9. The van der Waals surface area contributed by atoms with E-state index < -0.39 is 0 Å². The molecule has 0 fully saturated rings. The number of aromatic nitrogens is 3. The van der Waals surface area contributed by atoms with Gasteiger partial charge < -0.3 is 14.0 Å². The number of rotatable bonds is 7. The molecular weight excluding hydrogens is 971 g/mol. The molecule has 0 unspecified atom stereocenters. The molecule has 0 saturated heterocycles. The summed E-state index contributed by atoms with van der Waals surface area (Å²) in [6.45, 7) is 0. The number of imidazole rings is 1. The fourth-order valence-electron chi connectivity index (χ4n) is 8.56. The van der Waals surface area contributed by atoms with Crippen LogP contribution in [0.2, 0.25) is 0 Å². The molecule has 9 aromatic carbocycles. The predicted molar refractivity (Wildman–Crippen MR) is 263 cm³/mol. The van der Waals surface area contributed by atoms with Crippen LogP contribution in [0.1, 0.15) is 0 Å². The Morgan fingerprint density at radius 2 is 1.05 bits per heavy atom. The topological polar surface area (TPSA) is 43.9 Å². The number of furan rings is 1. The molecule has 4 nitrogen and oxygen atoms in total. The number of hydrogen-bond donors (Lipinski definition) is 0. The Labute approximate surface area is 391 Å². The average Bonchev–Trinajstić information content (AvgIpc) is 3.96. The van der Waals surface area contributed by atoms with Crippen molar-refractivity contribution in [3.8, 4) is 72.8 Å². The smallest absolute Gasteiger partial charge is 0.121 e. The van der Waals surface area contributed by atoms with Gasteiger partial charge in [-0.1, -0.05) is 169 Å². The molecule has 0 saturated carbocycles. The summed E-state index contributed by atoms with van der Waals surface area (Å²) in [5.74, 6) is 0.774. The molecule has 0 spiro atoms. The molecule has 12 aromatic rings. The zero-order chi connectivity index (χ0) is 42.7. The van der Waals surface area contributed by atoms with E-state index in [4.69, 9.17) is 9.40 Å². The summed E-state index contributed by atoms with van der Waals surface area (Å²) >= 11 is 0. The Bertz CT molecular complexity index is 3420. The van der Waals surface area contributed by atoms with Crippen LogP contribution in [0.4, 0.5) is 0 Å². The van der Waals surface area contributed by atoms with Crippen molar-refractivity contribution < 1.29 is 24.5 Å². The molecule has 3 aromatic heterocycles. The van der Waals surface area contributed by atoms with Gasteiger partial charge in [0.25, 0.3) is 0 Å². The minimum Gasteiger partial charge on any atom is -0.501 e. The van der Waals surface area contributed by atoms with Gasteiger partial charge in [0, 0.05) is 42.8 Å². The molecule has 1 radical (unpaired) electrons. The first kappa shape index (κ1) is 41.1. The van der Waals surface area contributed by atoms with E-state index in [1.807, 2.05) is 54.6 Å². The van der Waals surface area contributed by atoms with Crippen LogP contribution in [-0.2, 0) is 20.1 Å². The van der Waals surface area contributed by atoms with Crippen LogP contribution in [0.5, 0.6) is 0 Å². The standard InChI is InChI=1S/C49H31N2O.C11H8N.Ir/c1-5-16-33(17-6-1)37-28-29-39-40-24-15-25-41(48(40)52-46(39)32-37)49-50-44-26-13-14-27-45(44)51(49)47-42(35-20-9-3-10-21-35)30-38(34-18-7-2-8-19-34)31-43(47)36-22-11-4-12-23-36;1-2-6-10(7-3-1)11-8-4-5-9-12-11;/h1-24,26-32H;1-6,8-9H;/q2*-1;. The number of hydrogen-bond acceptors (Lipinski definition) is 3. The monoisotopic (exact) mass is 1010 g/mol. The van der Waals surface area contributed by atoms with Crippen molar-refractivity contribution in [2.45, 2.75) is 0 Å². The van der Waals surface area contributed by atoms with Crippen LogP contribution in [0.3, 0.4) is 0 Å². The molecule has 5 heteroatoms. The van der Waals surface area contributed by atoms with E-state index in [-0.39, 0.29) is 20.1 Å². The summed E-state index contributed by atoms with van der Waals surface area (Å²) in [5, 5.41) is 2.10. The molecule has 311 valence electrons. The first-order chi connectivity index (χ1) is 31.8. The molecule has 0 aliphatic carbocycles. The van der Waals surface area contributed by atoms with Gasteiger partial charge in [0.1, 0.15) is 5.58 Å². The van der Waals surface area contributed by atoms with Gasteiger partial charge in [-0.2, -0.15) is 0 Å². The summed E-state index contributed by atoms with van der Waals surface area (Å²) in [4.78, 5) is 9.58. The zero-order valence-electron chi connectivity index (χ0n) is 35.1. The summed E-state index contributed by atoms with van der Waals surface area (Å²) in [6, 6.07) is 86.4. The maximum absolute atomic E-state index is 6.81. The van der Waals surface area contributed by atoms with Crippen molar-refractivity contribution in [1.29, 1.82) is 0 Å². The molecule has 0 N–H and O–H groups in total. The van der Waals surface area contributed by atoms with Gasteiger partial charge in [-0.25, -0.2) is 0 Å². The summed E-state index contributed by atoms with van der Waals surface area (Å²) < 4.78 is 9.13. The van der Waals surface area contributed by atoms with Crippen LogP contribution in [-0.4, -0.2) is 14.5 Å². The van der Waals surface area contributed by atoms with E-state index in [2.05, 4.69) is 198 Å². The average molecular weight is 1010 g/mol. The SMILES string of the molecule is [Ir].[c-]1ccc2c(oc3cc(-c4ccccc4)ccc32)c1-c1nc2ccccc2n1-c1c(-c2ccccc2)cc(-c2ccccc2)cc1-c1ccccc1.[c-]1ccccc1-c1ccccn1. The minimum absolute atomic E-state index is 0. The van der Waals surface area contributed by atoms with Crippen molar-refractivity contribution in [3.05, 3.63) is 249 Å². The number of nitrogens with zero attached hydrogens (tertiary/aromatic N) is 3. The van der Waals surface area contributed by atoms with Crippen LogP contribution in [0.25, 0.3) is 106 Å². The van der Waals surface area contributed by atoms with Gasteiger partial charge in [0.15, 0.2) is 0 Å². The second-order valence-electron chi connectivity index (χ2n) is 15.5. The normalized spacial score (nSPS) is 11.0. The first-order valence-corrected chi connectivity index (χ1v) is 21.4. The van der Waals surface area contributed by atoms with Gasteiger partial charge in [-0.05, 0) is 75.5 Å². The van der Waals surface area contributed by atoms with E-state index in [9.17, 15) is 0 Å². The van der Waals surface area contributed by atoms with Gasteiger partial charge in [0.2, 0.25) is 0 Å².